The lowest BCUT2D eigenvalue weighted by atomic mass is 9.73. The van der Waals surface area contributed by atoms with Gasteiger partial charge in [0, 0.05) is 30.7 Å². The van der Waals surface area contributed by atoms with Crippen molar-refractivity contribution in [2.75, 3.05) is 13.2 Å². The first-order valence-corrected chi connectivity index (χ1v) is 10.8. The van der Waals surface area contributed by atoms with Gasteiger partial charge in [0.05, 0.1) is 5.41 Å². The molecule has 0 spiro atoms. The molecule has 2 aromatic rings. The highest BCUT2D eigenvalue weighted by Crippen LogP contribution is 2.54. The number of benzene rings is 2. The highest BCUT2D eigenvalue weighted by atomic mass is 35.5. The van der Waals surface area contributed by atoms with E-state index in [0.29, 0.717) is 36.4 Å². The molecular weight excluding hydrogens is 384 g/mol. The number of carbonyl (C=O) groups excluding carboxylic acids is 1. The number of halogens is 1. The molecule has 1 atom stereocenters. The lowest BCUT2D eigenvalue weighted by Gasteiger charge is -2.33. The maximum Gasteiger partial charge on any atom is 0.239 e. The van der Waals surface area contributed by atoms with E-state index >= 15 is 0 Å². The third-order valence-electron chi connectivity index (χ3n) is 6.70. The van der Waals surface area contributed by atoms with Crippen molar-refractivity contribution in [3.8, 4) is 11.1 Å². The summed E-state index contributed by atoms with van der Waals surface area (Å²) >= 11 is 6.20. The zero-order chi connectivity index (χ0) is 20.0. The number of amides is 1. The van der Waals surface area contributed by atoms with Gasteiger partial charge in [-0.05, 0) is 60.4 Å². The van der Waals surface area contributed by atoms with Crippen molar-refractivity contribution < 1.29 is 9.53 Å². The predicted molar refractivity (Wildman–Crippen MR) is 114 cm³/mol. The zero-order valence-corrected chi connectivity index (χ0v) is 17.1. The van der Waals surface area contributed by atoms with Crippen LogP contribution in [0.1, 0.15) is 37.7 Å². The molecule has 2 saturated heterocycles. The summed E-state index contributed by atoms with van der Waals surface area (Å²) in [6.07, 6.45) is 4.26. The Labute approximate surface area is 176 Å². The Hall–Kier alpha value is -2.17. The summed E-state index contributed by atoms with van der Waals surface area (Å²) in [5, 5.41) is 9.39. The van der Waals surface area contributed by atoms with Gasteiger partial charge in [-0.2, -0.15) is 0 Å². The van der Waals surface area contributed by atoms with Crippen LogP contribution in [-0.4, -0.2) is 35.9 Å². The van der Waals surface area contributed by atoms with Crippen LogP contribution in [0.15, 0.2) is 48.5 Å². The zero-order valence-electron chi connectivity index (χ0n) is 16.4. The third-order valence-corrected chi connectivity index (χ3v) is 6.94. The average Bonchev–Trinajstić information content (AvgIpc) is 3.55. The van der Waals surface area contributed by atoms with Crippen molar-refractivity contribution in [1.82, 2.24) is 4.90 Å². The molecule has 4 nitrogen and oxygen atoms in total. The Morgan fingerprint density at radius 2 is 1.69 bits per heavy atom. The van der Waals surface area contributed by atoms with Gasteiger partial charge in [-0.25, -0.2) is 0 Å². The molecule has 2 heterocycles. The number of nitrogens with zero attached hydrogens (tertiary/aromatic N) is 1. The fourth-order valence-electron chi connectivity index (χ4n) is 5.09. The van der Waals surface area contributed by atoms with Gasteiger partial charge >= 0.3 is 0 Å². The molecule has 5 rings (SSSR count). The van der Waals surface area contributed by atoms with Crippen molar-refractivity contribution in [3.63, 3.8) is 0 Å². The van der Waals surface area contributed by atoms with Crippen LogP contribution >= 0.6 is 11.6 Å². The molecule has 1 unspecified atom stereocenters. The first-order valence-electron chi connectivity index (χ1n) is 10.4. The van der Waals surface area contributed by atoms with E-state index in [4.69, 9.17) is 21.7 Å². The standard InChI is InChI=1S/C24H25ClN2O2/c25-20-6-2-4-17(14-20)16-3-1-5-19(13-16)24(18-7-8-18)15-22(26)27(23(24)28)21-9-11-29-12-10-21/h1-6,13-14,18,21,26H,7-12,15H2. The number of nitrogens with one attached hydrogen (secondary N) is 1. The number of likely N-dealkylation sites (tertiary alicyclic amines) is 1. The Kier molecular flexibility index (Phi) is 4.72. The minimum absolute atomic E-state index is 0.0977. The quantitative estimate of drug-likeness (QED) is 0.770. The van der Waals surface area contributed by atoms with Crippen LogP contribution in [0, 0.1) is 11.3 Å². The highest BCUT2D eigenvalue weighted by molar-refractivity contribution is 6.30. The second-order valence-corrected chi connectivity index (χ2v) is 8.92. The first kappa shape index (κ1) is 18.8. The SMILES string of the molecule is N=C1CC(c2cccc(-c3cccc(Cl)c3)c2)(C2CC2)C(=O)N1C1CCOCC1. The molecule has 3 aliphatic rings. The number of carbonyl (C=O) groups is 1. The fourth-order valence-corrected chi connectivity index (χ4v) is 5.28. The van der Waals surface area contributed by atoms with Crippen molar-refractivity contribution in [2.45, 2.75) is 43.6 Å². The molecule has 1 amide bonds. The number of ether oxygens (including phenoxy) is 1. The van der Waals surface area contributed by atoms with Gasteiger partial charge in [0.15, 0.2) is 0 Å². The van der Waals surface area contributed by atoms with Crippen molar-refractivity contribution >= 4 is 23.3 Å². The van der Waals surface area contributed by atoms with Crippen LogP contribution in [0.25, 0.3) is 11.1 Å². The first-order chi connectivity index (χ1) is 14.1. The summed E-state index contributed by atoms with van der Waals surface area (Å²) in [4.78, 5) is 15.6. The molecule has 150 valence electrons. The van der Waals surface area contributed by atoms with E-state index < -0.39 is 5.41 Å². The highest BCUT2D eigenvalue weighted by Gasteiger charge is 2.59. The lowest BCUT2D eigenvalue weighted by molar-refractivity contribution is -0.134. The molecule has 0 bridgehead atoms. The van der Waals surface area contributed by atoms with Gasteiger partial charge in [-0.15, -0.1) is 0 Å². The summed E-state index contributed by atoms with van der Waals surface area (Å²) in [6.45, 7) is 1.34. The second-order valence-electron chi connectivity index (χ2n) is 8.48. The predicted octanol–water partition coefficient (Wildman–Crippen LogP) is 5.04. The van der Waals surface area contributed by atoms with E-state index in [2.05, 4.69) is 18.2 Å². The number of amidine groups is 1. The van der Waals surface area contributed by atoms with Crippen molar-refractivity contribution in [1.29, 1.82) is 5.41 Å². The van der Waals surface area contributed by atoms with E-state index in [-0.39, 0.29) is 11.9 Å². The lowest BCUT2D eigenvalue weighted by Crippen LogP contribution is -2.47. The maximum absolute atomic E-state index is 13.8. The molecule has 0 radical (unpaired) electrons. The van der Waals surface area contributed by atoms with Crippen LogP contribution in [0.5, 0.6) is 0 Å². The van der Waals surface area contributed by atoms with Crippen LogP contribution in [0.4, 0.5) is 0 Å². The Balaban J connectivity index is 1.55. The summed E-state index contributed by atoms with van der Waals surface area (Å²) < 4.78 is 5.48. The van der Waals surface area contributed by atoms with Crippen molar-refractivity contribution in [2.24, 2.45) is 5.92 Å². The minimum Gasteiger partial charge on any atom is -0.381 e. The molecule has 5 heteroatoms. The van der Waals surface area contributed by atoms with Gasteiger partial charge in [-0.1, -0.05) is 48.0 Å². The molecule has 1 aliphatic carbocycles. The second kappa shape index (κ2) is 7.26. The summed E-state index contributed by atoms with van der Waals surface area (Å²) in [7, 11) is 0. The van der Waals surface area contributed by atoms with Gasteiger partial charge in [0.1, 0.15) is 5.84 Å². The molecule has 1 N–H and O–H groups in total. The third kappa shape index (κ3) is 3.19. The Morgan fingerprint density at radius 3 is 2.38 bits per heavy atom. The number of rotatable bonds is 4. The Bertz CT molecular complexity index is 965. The fraction of sp³-hybridized carbons (Fsp3) is 0.417. The molecule has 2 aromatic carbocycles. The molecule has 0 aromatic heterocycles. The van der Waals surface area contributed by atoms with Gasteiger partial charge in [-0.3, -0.25) is 15.1 Å². The van der Waals surface area contributed by atoms with Crippen LogP contribution < -0.4 is 0 Å². The number of hydrogen-bond acceptors (Lipinski definition) is 3. The maximum atomic E-state index is 13.8. The van der Waals surface area contributed by atoms with E-state index in [1.54, 1.807) is 4.90 Å². The molecule has 2 aliphatic heterocycles. The summed E-state index contributed by atoms with van der Waals surface area (Å²) in [6, 6.07) is 16.2. The monoisotopic (exact) mass is 408 g/mol. The average molecular weight is 409 g/mol. The van der Waals surface area contributed by atoms with Gasteiger partial charge in [0.2, 0.25) is 5.91 Å². The van der Waals surface area contributed by atoms with Gasteiger partial charge in [0.25, 0.3) is 0 Å². The number of hydrogen-bond donors (Lipinski definition) is 1. The van der Waals surface area contributed by atoms with Gasteiger partial charge < -0.3 is 4.74 Å². The molecule has 3 fully saturated rings. The normalized spacial score (nSPS) is 25.6. The molecular formula is C24H25ClN2O2. The Morgan fingerprint density at radius 1 is 1.00 bits per heavy atom. The van der Waals surface area contributed by atoms with E-state index in [1.807, 2.05) is 30.3 Å². The van der Waals surface area contributed by atoms with E-state index in [9.17, 15) is 4.79 Å². The van der Waals surface area contributed by atoms with E-state index in [0.717, 1.165) is 42.4 Å². The van der Waals surface area contributed by atoms with Crippen LogP contribution in [0.3, 0.4) is 0 Å². The molecule has 1 saturated carbocycles. The van der Waals surface area contributed by atoms with Crippen LogP contribution in [-0.2, 0) is 14.9 Å². The van der Waals surface area contributed by atoms with Crippen molar-refractivity contribution in [3.05, 3.63) is 59.1 Å². The largest absolute Gasteiger partial charge is 0.381 e. The van der Waals surface area contributed by atoms with Crippen LogP contribution in [0.2, 0.25) is 5.02 Å². The van der Waals surface area contributed by atoms with E-state index in [1.165, 1.54) is 0 Å². The minimum atomic E-state index is -0.593. The smallest absolute Gasteiger partial charge is 0.239 e. The molecule has 29 heavy (non-hydrogen) atoms. The summed E-state index contributed by atoms with van der Waals surface area (Å²) in [5.74, 6) is 0.928. The topological polar surface area (TPSA) is 53.4 Å². The summed E-state index contributed by atoms with van der Waals surface area (Å²) in [5.41, 5.74) is 2.56.